The number of aliphatic hydroxyl groups is 1. The number of rotatable bonds is 6. The Morgan fingerprint density at radius 2 is 2.21 bits per heavy atom. The third kappa shape index (κ3) is 4.27. The molecule has 3 aromatic rings. The maximum Gasteiger partial charge on any atom is 0.278 e. The zero-order valence-electron chi connectivity index (χ0n) is 15.0. The van der Waals surface area contributed by atoms with Crippen molar-refractivity contribution in [3.05, 3.63) is 57.7 Å². The van der Waals surface area contributed by atoms with Crippen LogP contribution in [-0.2, 0) is 4.84 Å². The lowest BCUT2D eigenvalue weighted by atomic mass is 10.1. The van der Waals surface area contributed by atoms with Crippen LogP contribution in [0.3, 0.4) is 0 Å². The average Bonchev–Trinajstić information content (AvgIpc) is 3.12. The Morgan fingerprint density at radius 1 is 1.46 bits per heavy atom. The summed E-state index contributed by atoms with van der Waals surface area (Å²) in [6.45, 7) is 2.86. The van der Waals surface area contributed by atoms with E-state index in [9.17, 15) is 9.90 Å². The van der Waals surface area contributed by atoms with E-state index in [1.54, 1.807) is 32.0 Å². The molecule has 1 amide bonds. The van der Waals surface area contributed by atoms with Crippen molar-refractivity contribution in [2.24, 2.45) is 0 Å². The van der Waals surface area contributed by atoms with E-state index in [1.165, 1.54) is 23.0 Å². The number of aromatic nitrogens is 2. The van der Waals surface area contributed by atoms with E-state index in [-0.39, 0.29) is 23.5 Å². The number of nitrogens with zero attached hydrogens (tertiary/aromatic N) is 2. The number of hydrogen-bond donors (Lipinski definition) is 3. The number of benzene rings is 1. The molecule has 10 heteroatoms. The number of halogens is 3. The van der Waals surface area contributed by atoms with Crippen LogP contribution in [-0.4, -0.2) is 32.6 Å². The summed E-state index contributed by atoms with van der Waals surface area (Å²) in [5, 5.41) is 12.5. The lowest BCUT2D eigenvalue weighted by Crippen LogP contribution is -2.38. The number of nitrogens with one attached hydrogen (secondary N) is 2. The lowest BCUT2D eigenvalue weighted by Gasteiger charge is -2.22. The summed E-state index contributed by atoms with van der Waals surface area (Å²) in [5.41, 5.74) is 1.56. The lowest BCUT2D eigenvalue weighted by molar-refractivity contribution is -0.0956. The molecule has 7 nitrogen and oxygen atoms in total. The summed E-state index contributed by atoms with van der Waals surface area (Å²) in [6.07, 6.45) is 4.36. The molecular weight excluding hydrogens is 455 g/mol. The fraction of sp³-hybridized carbons (Fsp3) is 0.222. The van der Waals surface area contributed by atoms with E-state index < -0.39 is 17.3 Å². The SMILES string of the molecule is CC(C)(CO)ONC(=O)c1cn2ccnc2c(F)c1Nc1ccc(Br)cc1Cl. The highest BCUT2D eigenvalue weighted by molar-refractivity contribution is 9.10. The molecule has 148 valence electrons. The Labute approximate surface area is 173 Å². The van der Waals surface area contributed by atoms with E-state index in [1.807, 2.05) is 0 Å². The van der Waals surface area contributed by atoms with Gasteiger partial charge in [-0.15, -0.1) is 0 Å². The number of amides is 1. The molecule has 0 unspecified atom stereocenters. The van der Waals surface area contributed by atoms with E-state index in [0.717, 1.165) is 4.47 Å². The molecule has 0 aliphatic heterocycles. The van der Waals surface area contributed by atoms with Gasteiger partial charge in [0.25, 0.3) is 5.91 Å². The zero-order chi connectivity index (χ0) is 20.5. The topological polar surface area (TPSA) is 87.9 Å². The summed E-state index contributed by atoms with van der Waals surface area (Å²) in [6, 6.07) is 5.02. The van der Waals surface area contributed by atoms with Crippen molar-refractivity contribution in [1.29, 1.82) is 0 Å². The molecule has 0 saturated carbocycles. The number of carbonyl (C=O) groups is 1. The van der Waals surface area contributed by atoms with Crippen LogP contribution in [0, 0.1) is 5.82 Å². The van der Waals surface area contributed by atoms with Gasteiger partial charge in [0.05, 0.1) is 28.6 Å². The number of hydrogen-bond acceptors (Lipinski definition) is 5. The van der Waals surface area contributed by atoms with Gasteiger partial charge in [-0.2, -0.15) is 0 Å². The largest absolute Gasteiger partial charge is 0.393 e. The van der Waals surface area contributed by atoms with Crippen LogP contribution >= 0.6 is 27.5 Å². The molecule has 0 atom stereocenters. The minimum absolute atomic E-state index is 0.0317. The molecular formula is C18H17BrClFN4O3. The number of aliphatic hydroxyl groups excluding tert-OH is 1. The van der Waals surface area contributed by atoms with E-state index >= 15 is 4.39 Å². The summed E-state index contributed by atoms with van der Waals surface area (Å²) < 4.78 is 17.2. The molecule has 0 aliphatic rings. The van der Waals surface area contributed by atoms with Crippen LogP contribution in [0.1, 0.15) is 24.2 Å². The van der Waals surface area contributed by atoms with Crippen molar-refractivity contribution in [2.75, 3.05) is 11.9 Å². The monoisotopic (exact) mass is 470 g/mol. The maximum absolute atomic E-state index is 15.1. The van der Waals surface area contributed by atoms with E-state index in [2.05, 4.69) is 31.7 Å². The van der Waals surface area contributed by atoms with Gasteiger partial charge in [-0.1, -0.05) is 27.5 Å². The predicted molar refractivity (Wildman–Crippen MR) is 107 cm³/mol. The van der Waals surface area contributed by atoms with Gasteiger partial charge in [0.15, 0.2) is 11.5 Å². The first-order chi connectivity index (χ1) is 13.2. The second-order valence-corrected chi connectivity index (χ2v) is 7.91. The van der Waals surface area contributed by atoms with Gasteiger partial charge in [0, 0.05) is 23.1 Å². The van der Waals surface area contributed by atoms with Crippen LogP contribution in [0.5, 0.6) is 0 Å². The summed E-state index contributed by atoms with van der Waals surface area (Å²) in [5.74, 6) is -1.43. The molecule has 0 spiro atoms. The Morgan fingerprint density at radius 3 is 2.89 bits per heavy atom. The van der Waals surface area contributed by atoms with Crippen molar-refractivity contribution in [3.63, 3.8) is 0 Å². The minimum Gasteiger partial charge on any atom is -0.393 e. The smallest absolute Gasteiger partial charge is 0.278 e. The maximum atomic E-state index is 15.1. The highest BCUT2D eigenvalue weighted by Crippen LogP contribution is 2.32. The molecule has 0 saturated heterocycles. The third-order valence-electron chi connectivity index (χ3n) is 3.86. The average molecular weight is 472 g/mol. The van der Waals surface area contributed by atoms with Crippen molar-refractivity contribution >= 4 is 50.5 Å². The van der Waals surface area contributed by atoms with Crippen molar-refractivity contribution in [2.45, 2.75) is 19.4 Å². The number of hydroxylamine groups is 1. The molecule has 0 bridgehead atoms. The van der Waals surface area contributed by atoms with Gasteiger partial charge >= 0.3 is 0 Å². The van der Waals surface area contributed by atoms with Gasteiger partial charge in [0.1, 0.15) is 5.60 Å². The molecule has 3 N–H and O–H groups in total. The van der Waals surface area contributed by atoms with Gasteiger partial charge in [0.2, 0.25) is 0 Å². The molecule has 0 radical (unpaired) electrons. The number of imidazole rings is 1. The molecule has 0 aliphatic carbocycles. The van der Waals surface area contributed by atoms with E-state index in [4.69, 9.17) is 16.4 Å². The Bertz CT molecular complexity index is 1040. The summed E-state index contributed by atoms with van der Waals surface area (Å²) >= 11 is 9.52. The van der Waals surface area contributed by atoms with Gasteiger partial charge in [-0.25, -0.2) is 14.9 Å². The molecule has 2 heterocycles. The highest BCUT2D eigenvalue weighted by atomic mass is 79.9. The zero-order valence-corrected chi connectivity index (χ0v) is 17.3. The first-order valence-electron chi connectivity index (χ1n) is 8.18. The Kier molecular flexibility index (Phi) is 5.90. The first-order valence-corrected chi connectivity index (χ1v) is 9.35. The van der Waals surface area contributed by atoms with Crippen LogP contribution in [0.15, 0.2) is 41.3 Å². The number of carbonyl (C=O) groups excluding carboxylic acids is 1. The minimum atomic E-state index is -1.00. The quantitative estimate of drug-likeness (QED) is 0.472. The van der Waals surface area contributed by atoms with E-state index in [0.29, 0.717) is 10.7 Å². The standard InChI is InChI=1S/C18H17BrClFN4O3/c1-18(2,9-26)28-24-17(27)11-8-25-6-5-22-16(25)14(21)15(11)23-13-4-3-10(19)7-12(13)20/h3-8,23,26H,9H2,1-2H3,(H,24,27). The Hall–Kier alpha value is -2.20. The van der Waals surface area contributed by atoms with Crippen molar-refractivity contribution in [1.82, 2.24) is 14.9 Å². The molecule has 3 rings (SSSR count). The predicted octanol–water partition coefficient (Wildman–Crippen LogP) is 4.07. The van der Waals surface area contributed by atoms with Crippen molar-refractivity contribution < 1.29 is 19.1 Å². The number of anilines is 2. The first kappa shape index (κ1) is 20.5. The fourth-order valence-electron chi connectivity index (χ4n) is 2.31. The van der Waals surface area contributed by atoms with Crippen LogP contribution in [0.2, 0.25) is 5.02 Å². The Balaban J connectivity index is 2.03. The fourth-order valence-corrected chi connectivity index (χ4v) is 3.03. The van der Waals surface area contributed by atoms with Gasteiger partial charge in [-0.3, -0.25) is 9.63 Å². The second kappa shape index (κ2) is 8.04. The van der Waals surface area contributed by atoms with Crippen LogP contribution < -0.4 is 10.8 Å². The normalized spacial score (nSPS) is 11.6. The van der Waals surface area contributed by atoms with Crippen molar-refractivity contribution in [3.8, 4) is 0 Å². The summed E-state index contributed by atoms with van der Waals surface area (Å²) in [7, 11) is 0. The van der Waals surface area contributed by atoms with Crippen LogP contribution in [0.4, 0.5) is 15.8 Å². The molecule has 28 heavy (non-hydrogen) atoms. The highest BCUT2D eigenvalue weighted by Gasteiger charge is 2.24. The molecule has 0 fully saturated rings. The molecule has 1 aromatic carbocycles. The number of pyridine rings is 1. The summed E-state index contributed by atoms with van der Waals surface area (Å²) in [4.78, 5) is 21.9. The second-order valence-electron chi connectivity index (χ2n) is 6.59. The van der Waals surface area contributed by atoms with Crippen LogP contribution in [0.25, 0.3) is 5.65 Å². The number of fused-ring (bicyclic) bond motifs is 1. The van der Waals surface area contributed by atoms with Gasteiger partial charge < -0.3 is 14.8 Å². The third-order valence-corrected chi connectivity index (χ3v) is 4.66. The van der Waals surface area contributed by atoms with Gasteiger partial charge in [-0.05, 0) is 32.0 Å². The molecule has 2 aromatic heterocycles.